The van der Waals surface area contributed by atoms with Crippen LogP contribution in [-0.4, -0.2) is 42.1 Å². The maximum atomic E-state index is 13.4. The van der Waals surface area contributed by atoms with Gasteiger partial charge in [0.2, 0.25) is 0 Å². The highest BCUT2D eigenvalue weighted by Crippen LogP contribution is 2.33. The Morgan fingerprint density at radius 2 is 1.90 bits per heavy atom. The van der Waals surface area contributed by atoms with Gasteiger partial charge in [-0.2, -0.15) is 0 Å². The van der Waals surface area contributed by atoms with E-state index in [1.807, 2.05) is 25.1 Å². The number of amides is 1. The van der Waals surface area contributed by atoms with Crippen LogP contribution >= 0.6 is 0 Å². The summed E-state index contributed by atoms with van der Waals surface area (Å²) in [6, 6.07) is 11.9. The molecule has 2 heterocycles. The van der Waals surface area contributed by atoms with Gasteiger partial charge in [-0.05, 0) is 18.6 Å². The molecule has 4 rings (SSSR count). The summed E-state index contributed by atoms with van der Waals surface area (Å²) < 4.78 is 32.1. The van der Waals surface area contributed by atoms with Crippen LogP contribution in [0, 0.1) is 6.92 Å². The van der Waals surface area contributed by atoms with Gasteiger partial charge in [0.05, 0.1) is 18.8 Å². The molecule has 1 fully saturated rings. The lowest BCUT2D eigenvalue weighted by Crippen LogP contribution is -2.40. The Morgan fingerprint density at radius 1 is 1.14 bits per heavy atom. The number of pyridine rings is 1. The second-order valence-electron chi connectivity index (χ2n) is 6.94. The van der Waals surface area contributed by atoms with Crippen molar-refractivity contribution in [1.29, 1.82) is 0 Å². The van der Waals surface area contributed by atoms with E-state index < -0.39 is 6.43 Å². The Kier molecular flexibility index (Phi) is 5.40. The summed E-state index contributed by atoms with van der Waals surface area (Å²) in [5.41, 5.74) is 1.63. The van der Waals surface area contributed by atoms with Crippen LogP contribution < -0.4 is 5.32 Å². The third-order valence-corrected chi connectivity index (χ3v) is 5.10. The summed E-state index contributed by atoms with van der Waals surface area (Å²) in [5, 5.41) is 4.52. The SMILES string of the molecule is Cc1cccc2c(Nc3ccccc3C(F)F)ncc(C(=O)N3CCOCC3)c12. The van der Waals surface area contributed by atoms with E-state index in [0.29, 0.717) is 48.8 Å². The monoisotopic (exact) mass is 397 g/mol. The van der Waals surface area contributed by atoms with E-state index >= 15 is 0 Å². The maximum Gasteiger partial charge on any atom is 0.265 e. The van der Waals surface area contributed by atoms with Gasteiger partial charge in [-0.15, -0.1) is 0 Å². The summed E-state index contributed by atoms with van der Waals surface area (Å²) in [6.45, 7) is 4.03. The smallest absolute Gasteiger partial charge is 0.265 e. The molecule has 1 N–H and O–H groups in total. The second-order valence-corrected chi connectivity index (χ2v) is 6.94. The highest BCUT2D eigenvalue weighted by molar-refractivity contribution is 6.10. The fraction of sp³-hybridized carbons (Fsp3) is 0.273. The molecule has 1 amide bonds. The number of carbonyl (C=O) groups is 1. The van der Waals surface area contributed by atoms with Crippen molar-refractivity contribution in [1.82, 2.24) is 9.88 Å². The van der Waals surface area contributed by atoms with Crippen LogP contribution in [0.5, 0.6) is 0 Å². The first-order chi connectivity index (χ1) is 14.1. The fourth-order valence-corrected chi connectivity index (χ4v) is 3.61. The molecule has 2 aromatic carbocycles. The third-order valence-electron chi connectivity index (χ3n) is 5.10. The molecule has 1 aliphatic heterocycles. The number of benzene rings is 2. The summed E-state index contributed by atoms with van der Waals surface area (Å²) in [6.07, 6.45) is -1.07. The van der Waals surface area contributed by atoms with Crippen molar-refractivity contribution in [2.75, 3.05) is 31.6 Å². The highest BCUT2D eigenvalue weighted by atomic mass is 19.3. The molecule has 0 radical (unpaired) electrons. The predicted octanol–water partition coefficient (Wildman–Crippen LogP) is 4.70. The summed E-state index contributed by atoms with van der Waals surface area (Å²) in [5.74, 6) is 0.343. The molecule has 1 aliphatic rings. The van der Waals surface area contributed by atoms with Crippen LogP contribution in [0.3, 0.4) is 0 Å². The molecule has 0 atom stereocenters. The Morgan fingerprint density at radius 3 is 2.66 bits per heavy atom. The number of nitrogens with zero attached hydrogens (tertiary/aromatic N) is 2. The lowest BCUT2D eigenvalue weighted by Gasteiger charge is -2.27. The standard InChI is InChI=1S/C22H21F2N3O2/c1-14-5-4-7-16-19(14)17(22(28)27-9-11-29-12-10-27)13-25-21(16)26-18-8-3-2-6-15(18)20(23)24/h2-8,13,20H,9-12H2,1H3,(H,25,26). The molecule has 0 aliphatic carbocycles. The number of aromatic nitrogens is 1. The van der Waals surface area contributed by atoms with Crippen molar-refractivity contribution >= 4 is 28.2 Å². The van der Waals surface area contributed by atoms with Gasteiger partial charge >= 0.3 is 0 Å². The number of nitrogens with one attached hydrogen (secondary N) is 1. The summed E-state index contributed by atoms with van der Waals surface area (Å²) >= 11 is 0. The van der Waals surface area contributed by atoms with E-state index in [0.717, 1.165) is 10.9 Å². The number of alkyl halides is 2. The van der Waals surface area contributed by atoms with E-state index in [1.54, 1.807) is 23.1 Å². The molecule has 5 nitrogen and oxygen atoms in total. The van der Waals surface area contributed by atoms with Gasteiger partial charge in [-0.25, -0.2) is 13.8 Å². The Balaban J connectivity index is 1.78. The minimum atomic E-state index is -2.60. The third kappa shape index (κ3) is 3.78. The molecule has 150 valence electrons. The van der Waals surface area contributed by atoms with Crippen molar-refractivity contribution in [2.45, 2.75) is 13.3 Å². The Labute approximate surface area is 167 Å². The summed E-state index contributed by atoms with van der Waals surface area (Å²) in [4.78, 5) is 19.3. The Bertz CT molecular complexity index is 1050. The lowest BCUT2D eigenvalue weighted by atomic mass is 10.0. The zero-order valence-electron chi connectivity index (χ0n) is 16.0. The average Bonchev–Trinajstić information content (AvgIpc) is 2.75. The lowest BCUT2D eigenvalue weighted by molar-refractivity contribution is 0.0304. The van der Waals surface area contributed by atoms with Crippen molar-refractivity contribution in [3.8, 4) is 0 Å². The van der Waals surface area contributed by atoms with Crippen LogP contribution in [0.1, 0.15) is 27.9 Å². The van der Waals surface area contributed by atoms with Gasteiger partial charge in [0, 0.05) is 41.3 Å². The normalized spacial score (nSPS) is 14.4. The quantitative estimate of drug-likeness (QED) is 0.694. The van der Waals surface area contributed by atoms with E-state index in [-0.39, 0.29) is 11.5 Å². The number of morpholine rings is 1. The van der Waals surface area contributed by atoms with Gasteiger partial charge < -0.3 is 15.0 Å². The van der Waals surface area contributed by atoms with Gasteiger partial charge in [0.1, 0.15) is 5.82 Å². The van der Waals surface area contributed by atoms with Gasteiger partial charge in [-0.1, -0.05) is 36.4 Å². The molecular weight excluding hydrogens is 376 g/mol. The predicted molar refractivity (Wildman–Crippen MR) is 108 cm³/mol. The van der Waals surface area contributed by atoms with Crippen LogP contribution in [0.4, 0.5) is 20.3 Å². The molecule has 0 saturated carbocycles. The second kappa shape index (κ2) is 8.13. The molecule has 3 aromatic rings. The van der Waals surface area contributed by atoms with Crippen LogP contribution in [0.2, 0.25) is 0 Å². The molecule has 29 heavy (non-hydrogen) atoms. The molecular formula is C22H21F2N3O2. The van der Waals surface area contributed by atoms with Crippen molar-refractivity contribution in [3.05, 3.63) is 65.4 Å². The van der Waals surface area contributed by atoms with E-state index in [2.05, 4.69) is 10.3 Å². The van der Waals surface area contributed by atoms with Crippen molar-refractivity contribution in [2.24, 2.45) is 0 Å². The number of hydrogen-bond acceptors (Lipinski definition) is 4. The maximum absolute atomic E-state index is 13.4. The van der Waals surface area contributed by atoms with Gasteiger partial charge in [0.25, 0.3) is 12.3 Å². The van der Waals surface area contributed by atoms with E-state index in [9.17, 15) is 13.6 Å². The minimum absolute atomic E-state index is 0.0939. The molecule has 0 spiro atoms. The molecule has 0 unspecified atom stereocenters. The topological polar surface area (TPSA) is 54.5 Å². The highest BCUT2D eigenvalue weighted by Gasteiger charge is 2.23. The number of anilines is 2. The number of halogens is 2. The molecule has 7 heteroatoms. The molecule has 0 bridgehead atoms. The zero-order valence-corrected chi connectivity index (χ0v) is 16.0. The first-order valence-electron chi connectivity index (χ1n) is 9.45. The number of para-hydroxylation sites is 1. The van der Waals surface area contributed by atoms with Crippen molar-refractivity contribution in [3.63, 3.8) is 0 Å². The average molecular weight is 397 g/mol. The van der Waals surface area contributed by atoms with Crippen LogP contribution in [0.15, 0.2) is 48.7 Å². The van der Waals surface area contributed by atoms with Gasteiger partial charge in [0.15, 0.2) is 0 Å². The zero-order chi connectivity index (χ0) is 20.4. The number of aryl methyl sites for hydroxylation is 1. The van der Waals surface area contributed by atoms with Crippen LogP contribution in [0.25, 0.3) is 10.8 Å². The summed E-state index contributed by atoms with van der Waals surface area (Å²) in [7, 11) is 0. The molecule has 1 saturated heterocycles. The number of fused-ring (bicyclic) bond motifs is 1. The minimum Gasteiger partial charge on any atom is -0.378 e. The van der Waals surface area contributed by atoms with Crippen molar-refractivity contribution < 1.29 is 18.3 Å². The number of ether oxygens (including phenoxy) is 1. The largest absolute Gasteiger partial charge is 0.378 e. The van der Waals surface area contributed by atoms with Crippen LogP contribution in [-0.2, 0) is 4.74 Å². The molecule has 1 aromatic heterocycles. The van der Waals surface area contributed by atoms with E-state index in [1.165, 1.54) is 12.3 Å². The Hall–Kier alpha value is -3.06. The van der Waals surface area contributed by atoms with E-state index in [4.69, 9.17) is 4.74 Å². The van der Waals surface area contributed by atoms with Gasteiger partial charge in [-0.3, -0.25) is 4.79 Å². The number of hydrogen-bond donors (Lipinski definition) is 1. The number of rotatable bonds is 4. The number of carbonyl (C=O) groups excluding carboxylic acids is 1. The first-order valence-corrected chi connectivity index (χ1v) is 9.45. The fourth-order valence-electron chi connectivity index (χ4n) is 3.61. The first kappa shape index (κ1) is 19.3.